The topological polar surface area (TPSA) is 81.2 Å². The molecule has 0 aliphatic heterocycles. The van der Waals surface area contributed by atoms with Crippen LogP contribution in [0.15, 0.2) is 45.0 Å². The molecular weight excluding hydrogens is 314 g/mol. The van der Waals surface area contributed by atoms with Gasteiger partial charge in [-0.1, -0.05) is 25.1 Å². The Morgan fingerprint density at radius 3 is 2.87 bits per heavy atom. The van der Waals surface area contributed by atoms with E-state index in [0.717, 1.165) is 28.2 Å². The van der Waals surface area contributed by atoms with E-state index in [0.29, 0.717) is 12.3 Å². The number of hydrogen-bond donors (Lipinski definition) is 1. The Kier molecular flexibility index (Phi) is 4.20. The van der Waals surface area contributed by atoms with Gasteiger partial charge in [0.25, 0.3) is 5.22 Å². The normalized spacial score (nSPS) is 12.0. The quantitative estimate of drug-likeness (QED) is 0.571. The number of nitrogens with zero attached hydrogens (tertiary/aromatic N) is 3. The van der Waals surface area contributed by atoms with Gasteiger partial charge in [0.2, 0.25) is 5.89 Å². The number of thioether (sulfide) groups is 1. The molecule has 0 atom stereocenters. The monoisotopic (exact) mass is 329 g/mol. The van der Waals surface area contributed by atoms with E-state index in [1.807, 2.05) is 49.0 Å². The van der Waals surface area contributed by atoms with Gasteiger partial charge in [0.1, 0.15) is 4.91 Å². The molecule has 2 aromatic heterocycles. The van der Waals surface area contributed by atoms with Crippen molar-refractivity contribution in [2.45, 2.75) is 18.6 Å². The van der Waals surface area contributed by atoms with Gasteiger partial charge in [0.05, 0.1) is 0 Å². The van der Waals surface area contributed by atoms with Crippen molar-refractivity contribution in [3.63, 3.8) is 0 Å². The lowest BCUT2D eigenvalue weighted by Crippen LogP contribution is -1.96. The fourth-order valence-electron chi connectivity index (χ4n) is 2.28. The first-order chi connectivity index (χ1) is 11.1. The second kappa shape index (κ2) is 6.29. The number of para-hydroxylation sites is 1. The zero-order valence-corrected chi connectivity index (χ0v) is 13.5. The average molecular weight is 329 g/mol. The molecule has 0 aliphatic carbocycles. The maximum Gasteiger partial charge on any atom is 0.342 e. The molecule has 6 nitrogen and oxygen atoms in total. The zero-order valence-electron chi connectivity index (χ0n) is 12.7. The van der Waals surface area contributed by atoms with Crippen molar-refractivity contribution in [2.24, 2.45) is 7.05 Å². The lowest BCUT2D eigenvalue weighted by molar-refractivity contribution is -0.131. The van der Waals surface area contributed by atoms with Crippen LogP contribution in [0.1, 0.15) is 18.4 Å². The molecule has 3 aromatic rings. The maximum atomic E-state index is 11.5. The highest BCUT2D eigenvalue weighted by molar-refractivity contribution is 8.03. The molecule has 7 heteroatoms. The summed E-state index contributed by atoms with van der Waals surface area (Å²) in [6.45, 7) is 1.89. The molecule has 118 valence electrons. The summed E-state index contributed by atoms with van der Waals surface area (Å²) in [5.41, 5.74) is 1.88. The first-order valence-corrected chi connectivity index (χ1v) is 7.89. The number of aromatic nitrogens is 3. The molecule has 1 aromatic carbocycles. The van der Waals surface area contributed by atoms with E-state index in [4.69, 9.17) is 4.42 Å². The summed E-state index contributed by atoms with van der Waals surface area (Å²) in [5.74, 6) is -0.540. The molecule has 0 radical (unpaired) electrons. The third kappa shape index (κ3) is 3.14. The van der Waals surface area contributed by atoms with E-state index in [-0.39, 0.29) is 10.1 Å². The zero-order chi connectivity index (χ0) is 16.4. The Labute approximate surface area is 136 Å². The summed E-state index contributed by atoms with van der Waals surface area (Å²) in [6.07, 6.45) is 4.15. The van der Waals surface area contributed by atoms with Crippen LogP contribution >= 0.6 is 11.8 Å². The molecule has 0 aliphatic rings. The molecule has 0 amide bonds. The Balaban J connectivity index is 1.99. The first-order valence-electron chi connectivity index (χ1n) is 7.07. The van der Waals surface area contributed by atoms with Crippen molar-refractivity contribution in [3.8, 4) is 0 Å². The van der Waals surface area contributed by atoms with Crippen LogP contribution in [0.4, 0.5) is 0 Å². The van der Waals surface area contributed by atoms with Crippen LogP contribution in [-0.4, -0.2) is 25.8 Å². The molecule has 3 rings (SSSR count). The maximum absolute atomic E-state index is 11.5. The number of rotatable bonds is 5. The highest BCUT2D eigenvalue weighted by atomic mass is 32.2. The van der Waals surface area contributed by atoms with Crippen LogP contribution in [0.2, 0.25) is 0 Å². The number of hydrogen-bond acceptors (Lipinski definition) is 5. The molecule has 2 heterocycles. The van der Waals surface area contributed by atoms with Crippen LogP contribution in [0.3, 0.4) is 0 Å². The summed E-state index contributed by atoms with van der Waals surface area (Å²) in [7, 11) is 1.93. The summed E-state index contributed by atoms with van der Waals surface area (Å²) in [6, 6.07) is 7.84. The molecule has 0 spiro atoms. The number of carboxylic acids is 1. The summed E-state index contributed by atoms with van der Waals surface area (Å²) >= 11 is 0.958. The molecule has 0 saturated carbocycles. The Hall–Kier alpha value is -2.54. The first kappa shape index (κ1) is 15.4. The van der Waals surface area contributed by atoms with E-state index < -0.39 is 5.97 Å². The number of carboxylic acid groups (broad SMARTS) is 1. The van der Waals surface area contributed by atoms with Gasteiger partial charge in [-0.3, -0.25) is 0 Å². The summed E-state index contributed by atoms with van der Waals surface area (Å²) in [5, 5.41) is 18.4. The fourth-order valence-corrected chi connectivity index (χ4v) is 2.96. The van der Waals surface area contributed by atoms with Crippen molar-refractivity contribution >= 4 is 34.7 Å². The lowest BCUT2D eigenvalue weighted by Gasteiger charge is -1.98. The second-order valence-corrected chi connectivity index (χ2v) is 5.94. The molecule has 0 fully saturated rings. The number of benzene rings is 1. The van der Waals surface area contributed by atoms with Gasteiger partial charge < -0.3 is 14.1 Å². The van der Waals surface area contributed by atoms with Crippen molar-refractivity contribution in [1.29, 1.82) is 0 Å². The second-order valence-electron chi connectivity index (χ2n) is 4.94. The Morgan fingerprint density at radius 1 is 1.39 bits per heavy atom. The predicted molar refractivity (Wildman–Crippen MR) is 88.1 cm³/mol. The lowest BCUT2D eigenvalue weighted by atomic mass is 10.1. The Morgan fingerprint density at radius 2 is 2.17 bits per heavy atom. The van der Waals surface area contributed by atoms with E-state index in [1.165, 1.54) is 0 Å². The van der Waals surface area contributed by atoms with Crippen molar-refractivity contribution in [1.82, 2.24) is 14.8 Å². The van der Waals surface area contributed by atoms with Gasteiger partial charge in [-0.25, -0.2) is 4.79 Å². The molecule has 0 bridgehead atoms. The van der Waals surface area contributed by atoms with Gasteiger partial charge in [-0.05, 0) is 23.9 Å². The van der Waals surface area contributed by atoms with Crippen molar-refractivity contribution < 1.29 is 14.3 Å². The summed E-state index contributed by atoms with van der Waals surface area (Å²) < 4.78 is 7.34. The largest absolute Gasteiger partial charge is 0.477 e. The van der Waals surface area contributed by atoms with Crippen LogP contribution in [0.25, 0.3) is 17.0 Å². The van der Waals surface area contributed by atoms with Gasteiger partial charge >= 0.3 is 5.97 Å². The number of aryl methyl sites for hydroxylation is 2. The number of aliphatic carboxylic acids is 1. The van der Waals surface area contributed by atoms with Gasteiger partial charge in [0.15, 0.2) is 0 Å². The van der Waals surface area contributed by atoms with E-state index >= 15 is 0 Å². The molecular formula is C16H15N3O3S. The van der Waals surface area contributed by atoms with E-state index in [2.05, 4.69) is 10.2 Å². The molecule has 0 saturated heterocycles. The number of carbonyl (C=O) groups is 1. The minimum Gasteiger partial charge on any atom is -0.477 e. The molecule has 1 N–H and O–H groups in total. The predicted octanol–water partition coefficient (Wildman–Crippen LogP) is 3.34. The standard InChI is InChI=1S/C16H15N3O3S/c1-3-14-17-18-16(22-14)23-13(15(20)21)8-10-9-19(2)12-7-5-4-6-11(10)12/h4-9H,3H2,1-2H3,(H,20,21)/b13-8-. The minimum atomic E-state index is -1.03. The van der Waals surface area contributed by atoms with Crippen molar-refractivity contribution in [3.05, 3.63) is 46.8 Å². The van der Waals surface area contributed by atoms with E-state index in [9.17, 15) is 9.90 Å². The molecule has 23 heavy (non-hydrogen) atoms. The van der Waals surface area contributed by atoms with Gasteiger partial charge in [-0.15, -0.1) is 10.2 Å². The smallest absolute Gasteiger partial charge is 0.342 e. The van der Waals surface area contributed by atoms with Crippen LogP contribution in [-0.2, 0) is 18.3 Å². The minimum absolute atomic E-state index is 0.132. The van der Waals surface area contributed by atoms with Crippen LogP contribution < -0.4 is 0 Å². The van der Waals surface area contributed by atoms with Gasteiger partial charge in [-0.2, -0.15) is 0 Å². The highest BCUT2D eigenvalue weighted by Gasteiger charge is 2.16. The third-order valence-corrected chi connectivity index (χ3v) is 4.23. The Bertz CT molecular complexity index is 895. The van der Waals surface area contributed by atoms with E-state index in [1.54, 1.807) is 6.08 Å². The highest BCUT2D eigenvalue weighted by Crippen LogP contribution is 2.30. The SMILES string of the molecule is CCc1nnc(S/C(=C\c2cn(C)c3ccccc23)C(=O)O)o1. The van der Waals surface area contributed by atoms with Crippen molar-refractivity contribution in [2.75, 3.05) is 0 Å². The summed E-state index contributed by atoms with van der Waals surface area (Å²) in [4.78, 5) is 11.7. The fraction of sp³-hybridized carbons (Fsp3) is 0.188. The van der Waals surface area contributed by atoms with Crippen LogP contribution in [0, 0.1) is 0 Å². The van der Waals surface area contributed by atoms with Crippen LogP contribution in [0.5, 0.6) is 0 Å². The average Bonchev–Trinajstić information content (AvgIpc) is 3.12. The number of fused-ring (bicyclic) bond motifs is 1. The van der Waals surface area contributed by atoms with Gasteiger partial charge in [0, 0.05) is 36.1 Å². The molecule has 0 unspecified atom stereocenters. The third-order valence-electron chi connectivity index (χ3n) is 3.37.